The highest BCUT2D eigenvalue weighted by Gasteiger charge is 2.30. The third kappa shape index (κ3) is 2.64. The third-order valence-corrected chi connectivity index (χ3v) is 3.06. The van der Waals surface area contributed by atoms with Gasteiger partial charge < -0.3 is 10.4 Å². The second-order valence-electron chi connectivity index (χ2n) is 4.45. The van der Waals surface area contributed by atoms with Gasteiger partial charge in [0.2, 0.25) is 0 Å². The SMILES string of the molecule is Cc1cc(C(=O)NC2CCC(C(=O)O)C2)n[nH]1. The fraction of sp³-hybridized carbons (Fsp3) is 0.545. The van der Waals surface area contributed by atoms with Crippen LogP contribution in [-0.2, 0) is 4.79 Å². The summed E-state index contributed by atoms with van der Waals surface area (Å²) < 4.78 is 0. The van der Waals surface area contributed by atoms with Gasteiger partial charge in [0.05, 0.1) is 5.92 Å². The minimum atomic E-state index is -0.780. The Morgan fingerprint density at radius 3 is 2.82 bits per heavy atom. The van der Waals surface area contributed by atoms with E-state index in [1.165, 1.54) is 0 Å². The summed E-state index contributed by atoms with van der Waals surface area (Å²) in [5.74, 6) is -1.36. The monoisotopic (exact) mass is 237 g/mol. The summed E-state index contributed by atoms with van der Waals surface area (Å²) in [6.07, 6.45) is 1.84. The zero-order valence-corrected chi connectivity index (χ0v) is 9.56. The largest absolute Gasteiger partial charge is 0.481 e. The molecule has 0 aliphatic heterocycles. The maximum Gasteiger partial charge on any atom is 0.306 e. The molecule has 1 aromatic heterocycles. The van der Waals surface area contributed by atoms with Gasteiger partial charge in [-0.2, -0.15) is 5.10 Å². The maximum atomic E-state index is 11.7. The number of amides is 1. The van der Waals surface area contributed by atoms with Gasteiger partial charge in [0.1, 0.15) is 5.69 Å². The van der Waals surface area contributed by atoms with Gasteiger partial charge in [-0.05, 0) is 32.3 Å². The molecule has 17 heavy (non-hydrogen) atoms. The molecule has 1 aliphatic carbocycles. The van der Waals surface area contributed by atoms with Gasteiger partial charge in [0.25, 0.3) is 5.91 Å². The molecule has 1 aliphatic rings. The Hall–Kier alpha value is -1.85. The molecule has 1 heterocycles. The van der Waals surface area contributed by atoms with E-state index in [0.29, 0.717) is 25.0 Å². The molecule has 2 atom stereocenters. The van der Waals surface area contributed by atoms with Crippen LogP contribution in [0, 0.1) is 12.8 Å². The van der Waals surface area contributed by atoms with Crippen LogP contribution in [0.5, 0.6) is 0 Å². The van der Waals surface area contributed by atoms with E-state index in [1.807, 2.05) is 6.92 Å². The van der Waals surface area contributed by atoms with Crippen molar-refractivity contribution in [3.8, 4) is 0 Å². The summed E-state index contributed by atoms with van der Waals surface area (Å²) in [7, 11) is 0. The van der Waals surface area contributed by atoms with E-state index >= 15 is 0 Å². The van der Waals surface area contributed by atoms with Crippen molar-refractivity contribution in [3.05, 3.63) is 17.5 Å². The van der Waals surface area contributed by atoms with Crippen molar-refractivity contribution in [1.82, 2.24) is 15.5 Å². The highest BCUT2D eigenvalue weighted by atomic mass is 16.4. The topological polar surface area (TPSA) is 95.1 Å². The number of aromatic nitrogens is 2. The summed E-state index contributed by atoms with van der Waals surface area (Å²) >= 11 is 0. The van der Waals surface area contributed by atoms with Crippen LogP contribution in [0.15, 0.2) is 6.07 Å². The van der Waals surface area contributed by atoms with E-state index in [2.05, 4.69) is 15.5 Å². The quantitative estimate of drug-likeness (QED) is 0.721. The summed E-state index contributed by atoms with van der Waals surface area (Å²) in [5.41, 5.74) is 1.17. The number of nitrogens with one attached hydrogen (secondary N) is 2. The normalized spacial score (nSPS) is 23.6. The minimum Gasteiger partial charge on any atom is -0.481 e. The first-order chi connectivity index (χ1) is 8.06. The van der Waals surface area contributed by atoms with E-state index in [4.69, 9.17) is 5.11 Å². The van der Waals surface area contributed by atoms with Crippen LogP contribution in [0.3, 0.4) is 0 Å². The number of carboxylic acids is 1. The number of hydrogen-bond donors (Lipinski definition) is 3. The summed E-state index contributed by atoms with van der Waals surface area (Å²) in [5, 5.41) is 18.2. The molecule has 0 aromatic carbocycles. The standard InChI is InChI=1S/C11H15N3O3/c1-6-4-9(14-13-6)10(15)12-8-3-2-7(5-8)11(16)17/h4,7-8H,2-3,5H2,1H3,(H,12,15)(H,13,14)(H,16,17). The highest BCUT2D eigenvalue weighted by molar-refractivity contribution is 5.92. The number of aryl methyl sites for hydroxylation is 1. The Morgan fingerprint density at radius 1 is 1.53 bits per heavy atom. The Labute approximate surface area is 98.4 Å². The number of carboxylic acid groups (broad SMARTS) is 1. The van der Waals surface area contributed by atoms with Crippen LogP contribution < -0.4 is 5.32 Å². The molecule has 92 valence electrons. The van der Waals surface area contributed by atoms with Crippen LogP contribution in [0.1, 0.15) is 35.4 Å². The lowest BCUT2D eigenvalue weighted by molar-refractivity contribution is -0.141. The molecule has 2 unspecified atom stereocenters. The second-order valence-corrected chi connectivity index (χ2v) is 4.45. The van der Waals surface area contributed by atoms with Crippen molar-refractivity contribution in [3.63, 3.8) is 0 Å². The fourth-order valence-electron chi connectivity index (χ4n) is 2.13. The molecular weight excluding hydrogens is 222 g/mol. The van der Waals surface area contributed by atoms with Gasteiger partial charge in [-0.25, -0.2) is 0 Å². The van der Waals surface area contributed by atoms with E-state index in [1.54, 1.807) is 6.07 Å². The molecule has 6 heteroatoms. The Balaban J connectivity index is 1.90. The molecule has 1 fully saturated rings. The van der Waals surface area contributed by atoms with E-state index in [-0.39, 0.29) is 17.9 Å². The van der Waals surface area contributed by atoms with E-state index < -0.39 is 5.97 Å². The summed E-state index contributed by atoms with van der Waals surface area (Å²) in [4.78, 5) is 22.5. The van der Waals surface area contributed by atoms with Gasteiger partial charge in [0.15, 0.2) is 0 Å². The van der Waals surface area contributed by atoms with Gasteiger partial charge in [-0.3, -0.25) is 14.7 Å². The molecule has 3 N–H and O–H groups in total. The van der Waals surface area contributed by atoms with Crippen molar-refractivity contribution in [2.75, 3.05) is 0 Å². The van der Waals surface area contributed by atoms with Gasteiger partial charge >= 0.3 is 5.97 Å². The zero-order chi connectivity index (χ0) is 12.4. The average molecular weight is 237 g/mol. The number of carbonyl (C=O) groups is 2. The molecule has 1 aromatic rings. The lowest BCUT2D eigenvalue weighted by Gasteiger charge is -2.10. The minimum absolute atomic E-state index is 0.0550. The van der Waals surface area contributed by atoms with Crippen molar-refractivity contribution < 1.29 is 14.7 Å². The second kappa shape index (κ2) is 4.57. The predicted molar refractivity (Wildman–Crippen MR) is 59.6 cm³/mol. The Bertz CT molecular complexity index is 441. The number of hydrogen-bond acceptors (Lipinski definition) is 3. The molecule has 2 rings (SSSR count). The molecule has 6 nitrogen and oxygen atoms in total. The zero-order valence-electron chi connectivity index (χ0n) is 9.56. The molecule has 0 radical (unpaired) electrons. The molecule has 1 saturated carbocycles. The van der Waals surface area contributed by atoms with Crippen LogP contribution in [-0.4, -0.2) is 33.2 Å². The summed E-state index contributed by atoms with van der Waals surface area (Å²) in [6.45, 7) is 1.82. The predicted octanol–water partition coefficient (Wildman–Crippen LogP) is 0.701. The first-order valence-electron chi connectivity index (χ1n) is 5.62. The number of aliphatic carboxylic acids is 1. The van der Waals surface area contributed by atoms with Crippen molar-refractivity contribution >= 4 is 11.9 Å². The maximum absolute atomic E-state index is 11.7. The van der Waals surface area contributed by atoms with Crippen LogP contribution in [0.2, 0.25) is 0 Å². The first kappa shape index (κ1) is 11.6. The number of H-pyrrole nitrogens is 1. The van der Waals surface area contributed by atoms with E-state index in [0.717, 1.165) is 5.69 Å². The number of nitrogens with zero attached hydrogens (tertiary/aromatic N) is 1. The van der Waals surface area contributed by atoms with Crippen LogP contribution in [0.25, 0.3) is 0 Å². The molecule has 1 amide bonds. The lowest BCUT2D eigenvalue weighted by atomic mass is 10.1. The van der Waals surface area contributed by atoms with Crippen molar-refractivity contribution in [2.45, 2.75) is 32.2 Å². The first-order valence-corrected chi connectivity index (χ1v) is 5.62. The average Bonchev–Trinajstić information content (AvgIpc) is 2.86. The summed E-state index contributed by atoms with van der Waals surface area (Å²) in [6, 6.07) is 1.61. The van der Waals surface area contributed by atoms with Crippen LogP contribution in [0.4, 0.5) is 0 Å². The van der Waals surface area contributed by atoms with Gasteiger partial charge in [-0.15, -0.1) is 0 Å². The number of rotatable bonds is 3. The number of aromatic amines is 1. The smallest absolute Gasteiger partial charge is 0.306 e. The van der Waals surface area contributed by atoms with E-state index in [9.17, 15) is 9.59 Å². The lowest BCUT2D eigenvalue weighted by Crippen LogP contribution is -2.33. The van der Waals surface area contributed by atoms with Gasteiger partial charge in [-0.1, -0.05) is 0 Å². The Kier molecular flexibility index (Phi) is 3.12. The molecule has 0 saturated heterocycles. The van der Waals surface area contributed by atoms with Crippen molar-refractivity contribution in [1.29, 1.82) is 0 Å². The fourth-order valence-corrected chi connectivity index (χ4v) is 2.13. The third-order valence-electron chi connectivity index (χ3n) is 3.06. The molecular formula is C11H15N3O3. The highest BCUT2D eigenvalue weighted by Crippen LogP contribution is 2.25. The molecule has 0 bridgehead atoms. The number of carbonyl (C=O) groups excluding carboxylic acids is 1. The van der Waals surface area contributed by atoms with Crippen LogP contribution >= 0.6 is 0 Å². The van der Waals surface area contributed by atoms with Crippen molar-refractivity contribution in [2.24, 2.45) is 5.92 Å². The molecule has 0 spiro atoms. The Morgan fingerprint density at radius 2 is 2.29 bits per heavy atom. The van der Waals surface area contributed by atoms with Gasteiger partial charge in [0, 0.05) is 11.7 Å².